The highest BCUT2D eigenvalue weighted by Crippen LogP contribution is 2.16. The second-order valence-corrected chi connectivity index (χ2v) is 5.89. The highest BCUT2D eigenvalue weighted by molar-refractivity contribution is 6.03. The first-order chi connectivity index (χ1) is 12.1. The van der Waals surface area contributed by atoms with Gasteiger partial charge >= 0.3 is 0 Å². The summed E-state index contributed by atoms with van der Waals surface area (Å²) in [5.41, 5.74) is 3.93. The minimum atomic E-state index is -0.227. The summed E-state index contributed by atoms with van der Waals surface area (Å²) in [7, 11) is 0. The van der Waals surface area contributed by atoms with E-state index in [0.29, 0.717) is 5.69 Å². The van der Waals surface area contributed by atoms with Crippen molar-refractivity contribution >= 4 is 17.2 Å². The molecular weight excluding hydrogens is 314 g/mol. The van der Waals surface area contributed by atoms with Crippen molar-refractivity contribution in [1.82, 2.24) is 18.9 Å². The lowest BCUT2D eigenvalue weighted by Crippen LogP contribution is -2.12. The second kappa shape index (κ2) is 5.90. The number of benzene rings is 1. The molecule has 4 aromatic rings. The van der Waals surface area contributed by atoms with Crippen LogP contribution in [-0.4, -0.2) is 24.8 Å². The molecule has 0 saturated heterocycles. The van der Waals surface area contributed by atoms with E-state index in [1.165, 1.54) is 0 Å². The fraction of sp³-hybridized carbons (Fsp3) is 0.105. The molecule has 0 aliphatic rings. The van der Waals surface area contributed by atoms with Crippen LogP contribution in [0.5, 0.6) is 0 Å². The van der Waals surface area contributed by atoms with Crippen LogP contribution >= 0.6 is 0 Å². The van der Waals surface area contributed by atoms with E-state index in [4.69, 9.17) is 0 Å². The van der Waals surface area contributed by atoms with Crippen molar-refractivity contribution in [3.63, 3.8) is 0 Å². The Morgan fingerprint density at radius 2 is 1.88 bits per heavy atom. The van der Waals surface area contributed by atoms with E-state index < -0.39 is 0 Å². The smallest absolute Gasteiger partial charge is 0.275 e. The Morgan fingerprint density at radius 3 is 2.56 bits per heavy atom. The molecule has 3 heterocycles. The number of pyridine rings is 1. The van der Waals surface area contributed by atoms with Crippen molar-refractivity contribution in [2.45, 2.75) is 13.8 Å². The molecular formula is C19H17N5O. The molecule has 0 bridgehead atoms. The zero-order valence-electron chi connectivity index (χ0n) is 14.0. The van der Waals surface area contributed by atoms with Gasteiger partial charge in [0.05, 0.1) is 0 Å². The van der Waals surface area contributed by atoms with Crippen LogP contribution in [0.2, 0.25) is 0 Å². The largest absolute Gasteiger partial charge is 0.321 e. The normalized spacial score (nSPS) is 11.0. The monoisotopic (exact) mass is 331 g/mol. The number of anilines is 1. The van der Waals surface area contributed by atoms with Crippen LogP contribution < -0.4 is 5.32 Å². The van der Waals surface area contributed by atoms with Gasteiger partial charge in [-0.05, 0) is 49.7 Å². The zero-order valence-corrected chi connectivity index (χ0v) is 14.0. The van der Waals surface area contributed by atoms with Crippen LogP contribution in [0.1, 0.15) is 21.9 Å². The molecule has 0 fully saturated rings. The Morgan fingerprint density at radius 1 is 1.08 bits per heavy atom. The third-order valence-electron chi connectivity index (χ3n) is 4.14. The number of hydrogen-bond donors (Lipinski definition) is 1. The number of carbonyl (C=O) groups excluding carboxylic acids is 1. The lowest BCUT2D eigenvalue weighted by atomic mass is 10.2. The molecule has 0 radical (unpaired) electrons. The third-order valence-corrected chi connectivity index (χ3v) is 4.14. The molecule has 6 nitrogen and oxygen atoms in total. The standard InChI is InChI=1S/C19H17N5O/c1-13-4-3-10-23-12-17(22-18(13)23)19(25)21-15-5-7-16(8-6-15)24-11-9-20-14(24)2/h3-12H,1-2H3,(H,21,25). The Hall–Kier alpha value is -3.41. The van der Waals surface area contributed by atoms with Gasteiger partial charge in [0.25, 0.3) is 5.91 Å². The average Bonchev–Trinajstić information content (AvgIpc) is 3.23. The van der Waals surface area contributed by atoms with Crippen molar-refractivity contribution in [2.24, 2.45) is 0 Å². The van der Waals surface area contributed by atoms with E-state index in [0.717, 1.165) is 28.4 Å². The van der Waals surface area contributed by atoms with Crippen LogP contribution in [0.4, 0.5) is 5.69 Å². The number of hydrogen-bond acceptors (Lipinski definition) is 3. The molecule has 0 spiro atoms. The Balaban J connectivity index is 1.56. The molecule has 0 aliphatic heterocycles. The molecule has 6 heteroatoms. The molecule has 0 unspecified atom stereocenters. The quantitative estimate of drug-likeness (QED) is 0.626. The van der Waals surface area contributed by atoms with E-state index in [-0.39, 0.29) is 5.91 Å². The molecule has 124 valence electrons. The fourth-order valence-electron chi connectivity index (χ4n) is 2.81. The molecule has 0 atom stereocenters. The highest BCUT2D eigenvalue weighted by Gasteiger charge is 2.12. The summed E-state index contributed by atoms with van der Waals surface area (Å²) in [6.07, 6.45) is 7.29. The molecule has 0 saturated carbocycles. The number of nitrogens with one attached hydrogen (secondary N) is 1. The summed E-state index contributed by atoms with van der Waals surface area (Å²) >= 11 is 0. The van der Waals surface area contributed by atoms with Gasteiger partial charge in [0.2, 0.25) is 0 Å². The Labute approximate surface area is 144 Å². The minimum Gasteiger partial charge on any atom is -0.321 e. The van der Waals surface area contributed by atoms with Crippen molar-refractivity contribution in [1.29, 1.82) is 0 Å². The second-order valence-electron chi connectivity index (χ2n) is 5.89. The number of amides is 1. The maximum absolute atomic E-state index is 12.5. The van der Waals surface area contributed by atoms with E-state index in [1.54, 1.807) is 12.4 Å². The summed E-state index contributed by atoms with van der Waals surface area (Å²) in [5.74, 6) is 0.687. The van der Waals surface area contributed by atoms with Crippen molar-refractivity contribution in [3.05, 3.63) is 78.3 Å². The molecule has 1 amide bonds. The number of rotatable bonds is 3. The molecule has 25 heavy (non-hydrogen) atoms. The first kappa shape index (κ1) is 15.1. The van der Waals surface area contributed by atoms with E-state index >= 15 is 0 Å². The number of aromatic nitrogens is 4. The number of nitrogens with zero attached hydrogens (tertiary/aromatic N) is 4. The van der Waals surface area contributed by atoms with E-state index in [9.17, 15) is 4.79 Å². The van der Waals surface area contributed by atoms with Gasteiger partial charge in [-0.15, -0.1) is 0 Å². The van der Waals surface area contributed by atoms with Gasteiger partial charge in [0.1, 0.15) is 17.2 Å². The van der Waals surface area contributed by atoms with Gasteiger partial charge in [-0.25, -0.2) is 9.97 Å². The van der Waals surface area contributed by atoms with Crippen molar-refractivity contribution < 1.29 is 4.79 Å². The Kier molecular flexibility index (Phi) is 3.57. The number of fused-ring (bicyclic) bond motifs is 1. The molecule has 1 N–H and O–H groups in total. The van der Waals surface area contributed by atoms with Gasteiger partial charge in [-0.1, -0.05) is 6.07 Å². The first-order valence-electron chi connectivity index (χ1n) is 7.98. The predicted molar refractivity (Wildman–Crippen MR) is 96.2 cm³/mol. The molecule has 4 rings (SSSR count). The number of imidazole rings is 2. The van der Waals surface area contributed by atoms with Gasteiger partial charge < -0.3 is 14.3 Å². The van der Waals surface area contributed by atoms with Crippen LogP contribution in [0.15, 0.2) is 61.2 Å². The topological polar surface area (TPSA) is 64.2 Å². The third kappa shape index (κ3) is 2.78. The van der Waals surface area contributed by atoms with Crippen molar-refractivity contribution in [3.8, 4) is 5.69 Å². The molecule has 3 aromatic heterocycles. The minimum absolute atomic E-state index is 0.227. The fourth-order valence-corrected chi connectivity index (χ4v) is 2.81. The van der Waals surface area contributed by atoms with Gasteiger partial charge in [0, 0.05) is 36.2 Å². The van der Waals surface area contributed by atoms with Crippen LogP contribution in [-0.2, 0) is 0 Å². The van der Waals surface area contributed by atoms with Crippen molar-refractivity contribution in [2.75, 3.05) is 5.32 Å². The molecule has 1 aromatic carbocycles. The average molecular weight is 331 g/mol. The van der Waals surface area contributed by atoms with Crippen LogP contribution in [0.3, 0.4) is 0 Å². The lowest BCUT2D eigenvalue weighted by Gasteiger charge is -2.07. The SMILES string of the molecule is Cc1cccn2cc(C(=O)Nc3ccc(-n4ccnc4C)cc3)nc12. The van der Waals surface area contributed by atoms with Gasteiger partial charge in [-0.2, -0.15) is 0 Å². The van der Waals surface area contributed by atoms with E-state index in [2.05, 4.69) is 15.3 Å². The Bertz CT molecular complexity index is 1060. The first-order valence-corrected chi connectivity index (χ1v) is 7.98. The lowest BCUT2D eigenvalue weighted by molar-refractivity contribution is 0.102. The van der Waals surface area contributed by atoms with Gasteiger partial charge in [0.15, 0.2) is 0 Å². The number of carbonyl (C=O) groups is 1. The van der Waals surface area contributed by atoms with Crippen LogP contribution in [0.25, 0.3) is 11.3 Å². The maximum Gasteiger partial charge on any atom is 0.275 e. The zero-order chi connectivity index (χ0) is 17.4. The maximum atomic E-state index is 12.5. The summed E-state index contributed by atoms with van der Waals surface area (Å²) < 4.78 is 3.84. The number of aryl methyl sites for hydroxylation is 2. The molecule has 0 aliphatic carbocycles. The highest BCUT2D eigenvalue weighted by atomic mass is 16.1. The van der Waals surface area contributed by atoms with Gasteiger partial charge in [-0.3, -0.25) is 4.79 Å². The summed E-state index contributed by atoms with van der Waals surface area (Å²) in [5, 5.41) is 2.89. The predicted octanol–water partition coefficient (Wildman–Crippen LogP) is 3.39. The summed E-state index contributed by atoms with van der Waals surface area (Å²) in [6, 6.07) is 11.5. The summed E-state index contributed by atoms with van der Waals surface area (Å²) in [4.78, 5) is 21.1. The van der Waals surface area contributed by atoms with Crippen LogP contribution in [0, 0.1) is 13.8 Å². The summed E-state index contributed by atoms with van der Waals surface area (Å²) in [6.45, 7) is 3.92. The van der Waals surface area contributed by atoms with E-state index in [1.807, 2.05) is 71.6 Å².